The summed E-state index contributed by atoms with van der Waals surface area (Å²) in [6.07, 6.45) is -3.35. The van der Waals surface area contributed by atoms with Gasteiger partial charge in [-0.05, 0) is 0 Å². The number of nitrogens with zero attached hydrogens (tertiary/aromatic N) is 2. The van der Waals surface area contributed by atoms with Crippen molar-refractivity contribution in [1.82, 2.24) is 9.97 Å². The van der Waals surface area contributed by atoms with Crippen molar-refractivity contribution in [3.8, 4) is 5.88 Å². The molecule has 1 aromatic heterocycles. The third-order valence-electron chi connectivity index (χ3n) is 1.17. The van der Waals surface area contributed by atoms with Crippen LogP contribution in [0.4, 0.5) is 19.0 Å². The lowest BCUT2D eigenvalue weighted by Crippen LogP contribution is -2.20. The molecule has 0 bridgehead atoms. The maximum absolute atomic E-state index is 11.7. The molecular weight excluding hydrogens is 201 g/mol. The largest absolute Gasteiger partial charge is 0.468 e. The van der Waals surface area contributed by atoms with Crippen LogP contribution in [0.2, 0.25) is 0 Å². The van der Waals surface area contributed by atoms with Gasteiger partial charge in [-0.1, -0.05) is 0 Å². The smallest absolute Gasteiger partial charge is 0.422 e. The Morgan fingerprint density at radius 1 is 1.43 bits per heavy atom. The van der Waals surface area contributed by atoms with Gasteiger partial charge in [-0.25, -0.2) is 15.8 Å². The zero-order valence-corrected chi connectivity index (χ0v) is 6.88. The lowest BCUT2D eigenvalue weighted by molar-refractivity contribution is -0.154. The Balaban J connectivity index is 2.59. The van der Waals surface area contributed by atoms with Crippen molar-refractivity contribution in [2.24, 2.45) is 5.84 Å². The summed E-state index contributed by atoms with van der Waals surface area (Å²) in [5.41, 5.74) is 2.15. The minimum atomic E-state index is -4.39. The number of halogens is 3. The van der Waals surface area contributed by atoms with Crippen molar-refractivity contribution < 1.29 is 17.9 Å². The molecule has 0 atom stereocenters. The van der Waals surface area contributed by atoms with Gasteiger partial charge in [0.2, 0.25) is 5.88 Å². The molecule has 0 amide bonds. The number of ether oxygens (including phenoxy) is 1. The second-order valence-corrected chi connectivity index (χ2v) is 2.29. The Labute approximate surface area is 77.1 Å². The van der Waals surface area contributed by atoms with E-state index in [1.165, 1.54) is 0 Å². The van der Waals surface area contributed by atoms with Gasteiger partial charge >= 0.3 is 6.18 Å². The van der Waals surface area contributed by atoms with Crippen LogP contribution in [0.5, 0.6) is 5.88 Å². The molecule has 0 unspecified atom stereocenters. The molecule has 5 nitrogen and oxygen atoms in total. The highest BCUT2D eigenvalue weighted by Gasteiger charge is 2.28. The number of nitrogen functional groups attached to an aromatic ring is 1. The Hall–Kier alpha value is -1.57. The number of hydrogen-bond acceptors (Lipinski definition) is 5. The fourth-order valence-corrected chi connectivity index (χ4v) is 0.653. The molecule has 1 rings (SSSR count). The van der Waals surface area contributed by atoms with Crippen molar-refractivity contribution in [2.45, 2.75) is 6.18 Å². The van der Waals surface area contributed by atoms with Gasteiger partial charge in [0, 0.05) is 6.07 Å². The lowest BCUT2D eigenvalue weighted by atomic mass is 10.5. The predicted molar refractivity (Wildman–Crippen MR) is 41.4 cm³/mol. The number of aromatic nitrogens is 2. The minimum absolute atomic E-state index is 0.178. The molecule has 0 aliphatic heterocycles. The Bertz CT molecular complexity index is 303. The number of hydrogen-bond donors (Lipinski definition) is 2. The van der Waals surface area contributed by atoms with Crippen molar-refractivity contribution in [1.29, 1.82) is 0 Å². The van der Waals surface area contributed by atoms with E-state index in [0.717, 1.165) is 12.4 Å². The van der Waals surface area contributed by atoms with Crippen LogP contribution in [0, 0.1) is 0 Å². The quantitative estimate of drug-likeness (QED) is 0.565. The van der Waals surface area contributed by atoms with Crippen LogP contribution < -0.4 is 16.0 Å². The van der Waals surface area contributed by atoms with E-state index in [1.807, 2.05) is 0 Å². The van der Waals surface area contributed by atoms with Crippen LogP contribution in [0.25, 0.3) is 0 Å². The van der Waals surface area contributed by atoms with Gasteiger partial charge in [-0.3, -0.25) is 0 Å². The highest BCUT2D eigenvalue weighted by Crippen LogP contribution is 2.17. The molecule has 8 heteroatoms. The monoisotopic (exact) mass is 208 g/mol. The van der Waals surface area contributed by atoms with Crippen LogP contribution in [0.15, 0.2) is 12.4 Å². The molecule has 0 aliphatic rings. The van der Waals surface area contributed by atoms with E-state index in [4.69, 9.17) is 5.84 Å². The van der Waals surface area contributed by atoms with Gasteiger partial charge < -0.3 is 10.2 Å². The summed E-state index contributed by atoms with van der Waals surface area (Å²) in [5, 5.41) is 0. The van der Waals surface area contributed by atoms with E-state index in [9.17, 15) is 13.2 Å². The van der Waals surface area contributed by atoms with Crippen molar-refractivity contribution in [3.63, 3.8) is 0 Å². The van der Waals surface area contributed by atoms with Crippen LogP contribution in [-0.2, 0) is 0 Å². The van der Waals surface area contributed by atoms with Crippen LogP contribution in [0.3, 0.4) is 0 Å². The maximum Gasteiger partial charge on any atom is 0.422 e. The molecule has 0 spiro atoms. The zero-order chi connectivity index (χ0) is 10.6. The first-order valence-electron chi connectivity index (χ1n) is 3.49. The first-order chi connectivity index (χ1) is 6.51. The van der Waals surface area contributed by atoms with Gasteiger partial charge in [0.05, 0.1) is 0 Å². The minimum Gasteiger partial charge on any atom is -0.468 e. The van der Waals surface area contributed by atoms with Gasteiger partial charge in [0.1, 0.15) is 12.1 Å². The van der Waals surface area contributed by atoms with Crippen molar-refractivity contribution >= 4 is 5.82 Å². The second-order valence-electron chi connectivity index (χ2n) is 2.29. The zero-order valence-electron chi connectivity index (χ0n) is 6.88. The molecule has 1 aromatic rings. The Kier molecular flexibility index (Phi) is 3.07. The lowest BCUT2D eigenvalue weighted by Gasteiger charge is -2.08. The molecule has 1 heterocycles. The van der Waals surface area contributed by atoms with E-state index in [1.54, 1.807) is 0 Å². The number of nitrogens with one attached hydrogen (secondary N) is 1. The topological polar surface area (TPSA) is 73.1 Å². The molecule has 0 aliphatic carbocycles. The second kappa shape index (κ2) is 4.09. The summed E-state index contributed by atoms with van der Waals surface area (Å²) >= 11 is 0. The Morgan fingerprint density at radius 2 is 2.14 bits per heavy atom. The summed E-state index contributed by atoms with van der Waals surface area (Å²) in [4.78, 5) is 7.06. The Morgan fingerprint density at radius 3 is 2.71 bits per heavy atom. The van der Waals surface area contributed by atoms with Gasteiger partial charge in [-0.15, -0.1) is 0 Å². The van der Waals surface area contributed by atoms with Crippen LogP contribution in [-0.4, -0.2) is 22.8 Å². The van der Waals surface area contributed by atoms with Crippen LogP contribution >= 0.6 is 0 Å². The van der Waals surface area contributed by atoms with E-state index in [0.29, 0.717) is 0 Å². The fourth-order valence-electron chi connectivity index (χ4n) is 0.653. The third-order valence-corrected chi connectivity index (χ3v) is 1.17. The molecular formula is C6H7F3N4O. The molecule has 14 heavy (non-hydrogen) atoms. The molecule has 0 radical (unpaired) electrons. The highest BCUT2D eigenvalue weighted by atomic mass is 19.4. The normalized spacial score (nSPS) is 11.1. The SMILES string of the molecule is NNc1cc(OCC(F)(F)F)ncn1. The average Bonchev–Trinajstić information content (AvgIpc) is 2.14. The molecule has 3 N–H and O–H groups in total. The summed E-state index contributed by atoms with van der Waals surface area (Å²) in [5.74, 6) is 4.97. The first kappa shape index (κ1) is 10.5. The van der Waals surface area contributed by atoms with Gasteiger partial charge in [0.15, 0.2) is 6.61 Å². The number of anilines is 1. The van der Waals surface area contributed by atoms with Crippen LogP contribution in [0.1, 0.15) is 0 Å². The predicted octanol–water partition coefficient (Wildman–Crippen LogP) is 0.703. The number of nitrogens with two attached hydrogens (primary N) is 1. The van der Waals surface area contributed by atoms with Crippen molar-refractivity contribution in [2.75, 3.05) is 12.0 Å². The highest BCUT2D eigenvalue weighted by molar-refractivity contribution is 5.35. The fraction of sp³-hybridized carbons (Fsp3) is 0.333. The average molecular weight is 208 g/mol. The number of hydrazine groups is 1. The van der Waals surface area contributed by atoms with E-state index >= 15 is 0 Å². The molecule has 0 saturated carbocycles. The number of rotatable bonds is 3. The van der Waals surface area contributed by atoms with E-state index < -0.39 is 12.8 Å². The molecule has 0 saturated heterocycles. The van der Waals surface area contributed by atoms with Crippen molar-refractivity contribution in [3.05, 3.63) is 12.4 Å². The molecule has 0 fully saturated rings. The van der Waals surface area contributed by atoms with E-state index in [2.05, 4.69) is 20.1 Å². The molecule has 78 valence electrons. The van der Waals surface area contributed by atoms with E-state index in [-0.39, 0.29) is 11.7 Å². The summed E-state index contributed by atoms with van der Waals surface area (Å²) in [6.45, 7) is -1.39. The summed E-state index contributed by atoms with van der Waals surface area (Å²) in [7, 11) is 0. The summed E-state index contributed by atoms with van der Waals surface area (Å²) in [6, 6.07) is 1.16. The standard InChI is InChI=1S/C6H7F3N4O/c7-6(8,9)2-14-5-1-4(13-10)11-3-12-5/h1,3H,2,10H2,(H,11,12,13). The summed E-state index contributed by atoms with van der Waals surface area (Å²) < 4.78 is 39.5. The third kappa shape index (κ3) is 3.44. The first-order valence-corrected chi connectivity index (χ1v) is 3.49. The molecule has 0 aromatic carbocycles. The van der Waals surface area contributed by atoms with Gasteiger partial charge in [-0.2, -0.15) is 13.2 Å². The maximum atomic E-state index is 11.7. The number of alkyl halides is 3. The van der Waals surface area contributed by atoms with Gasteiger partial charge in [0.25, 0.3) is 0 Å².